The number of halogens is 3. The summed E-state index contributed by atoms with van der Waals surface area (Å²) < 4.78 is 56.1. The second kappa shape index (κ2) is 14.5. The summed E-state index contributed by atoms with van der Waals surface area (Å²) in [5.41, 5.74) is 2.84. The molecule has 1 saturated heterocycles. The molecule has 0 radical (unpaired) electrons. The van der Waals surface area contributed by atoms with E-state index in [2.05, 4.69) is 0 Å². The van der Waals surface area contributed by atoms with E-state index < -0.39 is 17.8 Å². The molecule has 1 heterocycles. The first-order chi connectivity index (χ1) is 24.0. The summed E-state index contributed by atoms with van der Waals surface area (Å²) in [4.78, 5) is 30.6. The minimum atomic E-state index is -4.42. The van der Waals surface area contributed by atoms with Gasteiger partial charge in [-0.2, -0.15) is 13.2 Å². The number of hydrogen-bond acceptors (Lipinski definition) is 5. The zero-order valence-electron chi connectivity index (χ0n) is 27.9. The second-order valence-electron chi connectivity index (χ2n) is 12.4. The Bertz CT molecular complexity index is 1980. The van der Waals surface area contributed by atoms with Crippen LogP contribution >= 0.6 is 0 Å². The van der Waals surface area contributed by atoms with Crippen molar-refractivity contribution in [2.24, 2.45) is 5.92 Å². The third kappa shape index (κ3) is 7.39. The van der Waals surface area contributed by atoms with Crippen LogP contribution in [0.3, 0.4) is 0 Å². The van der Waals surface area contributed by atoms with Gasteiger partial charge in [-0.25, -0.2) is 4.79 Å². The zero-order chi connectivity index (χ0) is 35.4. The van der Waals surface area contributed by atoms with Gasteiger partial charge in [0.05, 0.1) is 19.8 Å². The maximum absolute atomic E-state index is 14.4. The molecular weight excluding hydrogens is 645 g/mol. The van der Waals surface area contributed by atoms with Gasteiger partial charge >= 0.3 is 12.3 Å². The van der Waals surface area contributed by atoms with Gasteiger partial charge in [-0.05, 0) is 70.8 Å². The van der Waals surface area contributed by atoms with Crippen LogP contribution in [0.15, 0.2) is 109 Å². The van der Waals surface area contributed by atoms with Crippen molar-refractivity contribution in [1.29, 1.82) is 0 Å². The summed E-state index contributed by atoms with van der Waals surface area (Å²) in [6, 6.07) is 30.7. The predicted molar refractivity (Wildman–Crippen MR) is 185 cm³/mol. The molecule has 0 N–H and O–H groups in total. The molecule has 1 fully saturated rings. The van der Waals surface area contributed by atoms with Gasteiger partial charge in [-0.15, -0.1) is 0 Å². The SMILES string of the molecule is COc1ccc(CN(C(=O)c2ccc3c(-c4ccc(C(F)(F)F)cc4)cccc3c2)C(C)C2CN(C(=O)OCc3ccccc3)C2)c(OC)c1. The molecule has 0 saturated carbocycles. The Labute approximate surface area is 288 Å². The third-order valence-electron chi connectivity index (χ3n) is 9.29. The number of rotatable bonds is 10. The fourth-order valence-corrected chi connectivity index (χ4v) is 6.27. The minimum Gasteiger partial charge on any atom is -0.497 e. The number of alkyl halides is 3. The molecule has 2 amide bonds. The van der Waals surface area contributed by atoms with E-state index >= 15 is 0 Å². The normalized spacial score (nSPS) is 13.8. The van der Waals surface area contributed by atoms with Crippen molar-refractivity contribution in [3.8, 4) is 22.6 Å². The number of carbonyl (C=O) groups excluding carboxylic acids is 2. The molecule has 5 aromatic carbocycles. The number of hydrogen-bond donors (Lipinski definition) is 0. The summed E-state index contributed by atoms with van der Waals surface area (Å²) in [6.07, 6.45) is -4.82. The number of likely N-dealkylation sites (tertiary alicyclic amines) is 1. The molecule has 1 aliphatic heterocycles. The molecule has 0 bridgehead atoms. The Hall–Kier alpha value is -5.51. The minimum absolute atomic E-state index is 0.000743. The number of nitrogens with zero attached hydrogens (tertiary/aromatic N) is 2. The Morgan fingerprint density at radius 2 is 1.60 bits per heavy atom. The van der Waals surface area contributed by atoms with Gasteiger partial charge in [0.2, 0.25) is 0 Å². The summed E-state index contributed by atoms with van der Waals surface area (Å²) in [7, 11) is 3.14. The largest absolute Gasteiger partial charge is 0.497 e. The van der Waals surface area contributed by atoms with E-state index in [4.69, 9.17) is 14.2 Å². The van der Waals surface area contributed by atoms with Crippen molar-refractivity contribution >= 4 is 22.8 Å². The van der Waals surface area contributed by atoms with Gasteiger partial charge in [-0.1, -0.05) is 66.7 Å². The van der Waals surface area contributed by atoms with Gasteiger partial charge in [0.25, 0.3) is 5.91 Å². The average Bonchev–Trinajstić information content (AvgIpc) is 3.11. The maximum Gasteiger partial charge on any atom is 0.416 e. The number of ether oxygens (including phenoxy) is 3. The first-order valence-corrected chi connectivity index (χ1v) is 16.2. The lowest BCUT2D eigenvalue weighted by molar-refractivity contribution is -0.137. The standard InChI is InChI=1S/C40H37F3N2O5/c1-26(32-22-44(23-32)39(47)50-25-27-8-5-4-6-9-27)45(24-31-14-18-34(48-2)21-37(31)49-3)38(46)30-15-19-36-29(20-30)10-7-11-35(36)28-12-16-33(17-13-28)40(41,42)43/h4-21,26,32H,22-25H2,1-3H3. The van der Waals surface area contributed by atoms with Crippen LogP contribution in [0.4, 0.5) is 18.0 Å². The van der Waals surface area contributed by atoms with Crippen molar-refractivity contribution in [3.63, 3.8) is 0 Å². The first kappa shape index (κ1) is 34.4. The van der Waals surface area contributed by atoms with Crippen molar-refractivity contribution in [2.75, 3.05) is 27.3 Å². The summed E-state index contributed by atoms with van der Waals surface area (Å²) in [5.74, 6) is 0.994. The molecule has 50 heavy (non-hydrogen) atoms. The highest BCUT2D eigenvalue weighted by atomic mass is 19.4. The van der Waals surface area contributed by atoms with Gasteiger partial charge in [0, 0.05) is 48.8 Å². The topological polar surface area (TPSA) is 68.3 Å². The molecule has 7 nitrogen and oxygen atoms in total. The van der Waals surface area contributed by atoms with E-state index in [0.717, 1.165) is 39.6 Å². The smallest absolute Gasteiger partial charge is 0.416 e. The van der Waals surface area contributed by atoms with E-state index in [9.17, 15) is 22.8 Å². The number of methoxy groups -OCH3 is 2. The molecular formula is C40H37F3N2O5. The fourth-order valence-electron chi connectivity index (χ4n) is 6.27. The fraction of sp³-hybridized carbons (Fsp3) is 0.250. The number of amides is 2. The number of carbonyl (C=O) groups is 2. The monoisotopic (exact) mass is 682 g/mol. The van der Waals surface area contributed by atoms with Crippen LogP contribution < -0.4 is 9.47 Å². The van der Waals surface area contributed by atoms with E-state index in [-0.39, 0.29) is 31.0 Å². The molecule has 1 atom stereocenters. The Balaban J connectivity index is 1.25. The molecule has 5 aromatic rings. The van der Waals surface area contributed by atoms with Crippen molar-refractivity contribution in [1.82, 2.24) is 9.80 Å². The van der Waals surface area contributed by atoms with Crippen molar-refractivity contribution in [2.45, 2.75) is 32.3 Å². The lowest BCUT2D eigenvalue weighted by atomic mass is 9.90. The van der Waals surface area contributed by atoms with Gasteiger partial charge in [0.1, 0.15) is 18.1 Å². The second-order valence-corrected chi connectivity index (χ2v) is 12.4. The maximum atomic E-state index is 14.4. The zero-order valence-corrected chi connectivity index (χ0v) is 27.9. The Kier molecular flexibility index (Phi) is 9.99. The highest BCUT2D eigenvalue weighted by Crippen LogP contribution is 2.35. The Morgan fingerprint density at radius 1 is 0.860 bits per heavy atom. The molecule has 1 unspecified atom stereocenters. The molecule has 6 rings (SSSR count). The van der Waals surface area contributed by atoms with Gasteiger partial charge in [0.15, 0.2) is 0 Å². The van der Waals surface area contributed by atoms with Crippen molar-refractivity contribution in [3.05, 3.63) is 131 Å². The molecule has 0 aliphatic carbocycles. The lowest BCUT2D eigenvalue weighted by Crippen LogP contribution is -2.58. The third-order valence-corrected chi connectivity index (χ3v) is 9.29. The predicted octanol–water partition coefficient (Wildman–Crippen LogP) is 8.84. The highest BCUT2D eigenvalue weighted by molar-refractivity contribution is 6.02. The van der Waals surface area contributed by atoms with Gasteiger partial charge in [-0.3, -0.25) is 4.79 Å². The van der Waals surface area contributed by atoms with Crippen LogP contribution in [0.1, 0.15) is 34.0 Å². The number of benzene rings is 5. The van der Waals surface area contributed by atoms with E-state index in [1.54, 1.807) is 36.2 Å². The van der Waals surface area contributed by atoms with Crippen molar-refractivity contribution < 1.29 is 37.0 Å². The van der Waals surface area contributed by atoms with Crippen LogP contribution in [0.2, 0.25) is 0 Å². The summed E-state index contributed by atoms with van der Waals surface area (Å²) in [5, 5.41) is 1.59. The van der Waals surface area contributed by atoms with Crippen LogP contribution in [-0.2, 0) is 24.1 Å². The van der Waals surface area contributed by atoms with E-state index in [0.29, 0.717) is 35.7 Å². The summed E-state index contributed by atoms with van der Waals surface area (Å²) >= 11 is 0. The van der Waals surface area contributed by atoms with Crippen LogP contribution in [0, 0.1) is 5.92 Å². The van der Waals surface area contributed by atoms with E-state index in [1.165, 1.54) is 12.1 Å². The molecule has 1 aliphatic rings. The molecule has 0 aromatic heterocycles. The first-order valence-electron chi connectivity index (χ1n) is 16.2. The van der Waals surface area contributed by atoms with Gasteiger partial charge < -0.3 is 24.0 Å². The average molecular weight is 683 g/mol. The molecule has 10 heteroatoms. The number of fused-ring (bicyclic) bond motifs is 1. The summed E-state index contributed by atoms with van der Waals surface area (Å²) in [6.45, 7) is 3.28. The Morgan fingerprint density at radius 3 is 2.28 bits per heavy atom. The van der Waals surface area contributed by atoms with Crippen LogP contribution in [0.5, 0.6) is 11.5 Å². The van der Waals surface area contributed by atoms with Crippen LogP contribution in [-0.4, -0.2) is 55.2 Å². The quantitative estimate of drug-likeness (QED) is 0.147. The molecule has 258 valence electrons. The highest BCUT2D eigenvalue weighted by Gasteiger charge is 2.39. The molecule has 0 spiro atoms. The van der Waals surface area contributed by atoms with Crippen LogP contribution in [0.25, 0.3) is 21.9 Å². The lowest BCUT2D eigenvalue weighted by Gasteiger charge is -2.45. The van der Waals surface area contributed by atoms with E-state index in [1.807, 2.05) is 79.7 Å².